The Kier molecular flexibility index (Phi) is 11.5. The summed E-state index contributed by atoms with van der Waals surface area (Å²) in [7, 11) is -2.65. The molecule has 0 unspecified atom stereocenters. The van der Waals surface area contributed by atoms with Gasteiger partial charge in [-0.2, -0.15) is 0 Å². The number of anilines is 1. The van der Waals surface area contributed by atoms with Crippen molar-refractivity contribution in [2.24, 2.45) is 0 Å². The van der Waals surface area contributed by atoms with Crippen molar-refractivity contribution < 1.29 is 22.7 Å². The summed E-state index contributed by atoms with van der Waals surface area (Å²) in [6.07, 6.45) is 2.17. The van der Waals surface area contributed by atoms with Gasteiger partial charge < -0.3 is 15.0 Å². The smallest absolute Gasteiger partial charge is 0.264 e. The number of hydrogen-bond donors (Lipinski definition) is 1. The number of rotatable bonds is 14. The zero-order valence-corrected chi connectivity index (χ0v) is 26.7. The molecule has 0 heterocycles. The van der Waals surface area contributed by atoms with Gasteiger partial charge in [-0.3, -0.25) is 13.9 Å². The van der Waals surface area contributed by atoms with Crippen LogP contribution < -0.4 is 14.4 Å². The van der Waals surface area contributed by atoms with Crippen molar-refractivity contribution in [3.63, 3.8) is 0 Å². The molecule has 230 valence electrons. The lowest BCUT2D eigenvalue weighted by Crippen LogP contribution is -2.53. The SMILES string of the molecule is CCOc1ccc(N(CC(=O)N(Cc2ccccc2)[C@H](Cc2ccccc2)C(=O)NC)S(=O)(=O)c2ccc(SC)cc2)cc1. The van der Waals surface area contributed by atoms with E-state index in [-0.39, 0.29) is 23.8 Å². The second-order valence-electron chi connectivity index (χ2n) is 9.94. The summed E-state index contributed by atoms with van der Waals surface area (Å²) in [5.74, 6) is -0.282. The highest BCUT2D eigenvalue weighted by Crippen LogP contribution is 2.28. The first-order valence-corrected chi connectivity index (χ1v) is 16.9. The Hall–Kier alpha value is -4.28. The molecular formula is C34H37N3O5S2. The van der Waals surface area contributed by atoms with Crippen molar-refractivity contribution in [1.82, 2.24) is 10.2 Å². The topological polar surface area (TPSA) is 96.0 Å². The minimum atomic E-state index is -4.18. The van der Waals surface area contributed by atoms with Crippen LogP contribution in [0.1, 0.15) is 18.1 Å². The molecule has 44 heavy (non-hydrogen) atoms. The van der Waals surface area contributed by atoms with Gasteiger partial charge in [0.15, 0.2) is 0 Å². The molecule has 8 nitrogen and oxygen atoms in total. The van der Waals surface area contributed by atoms with Crippen LogP contribution in [0.15, 0.2) is 119 Å². The fraction of sp³-hybridized carbons (Fsp3) is 0.235. The predicted molar refractivity (Wildman–Crippen MR) is 175 cm³/mol. The lowest BCUT2D eigenvalue weighted by molar-refractivity contribution is -0.139. The van der Waals surface area contributed by atoms with E-state index in [0.29, 0.717) is 18.0 Å². The number of nitrogens with one attached hydrogen (secondary N) is 1. The Morgan fingerprint density at radius 2 is 1.43 bits per heavy atom. The quantitative estimate of drug-likeness (QED) is 0.188. The van der Waals surface area contributed by atoms with E-state index in [1.807, 2.05) is 73.8 Å². The van der Waals surface area contributed by atoms with Gasteiger partial charge in [-0.25, -0.2) is 8.42 Å². The van der Waals surface area contributed by atoms with Gasteiger partial charge in [0, 0.05) is 24.9 Å². The molecule has 10 heteroatoms. The third-order valence-corrected chi connectivity index (χ3v) is 9.61. The molecular weight excluding hydrogens is 595 g/mol. The maximum atomic E-state index is 14.3. The van der Waals surface area contributed by atoms with Crippen LogP contribution in [0.3, 0.4) is 0 Å². The normalized spacial score (nSPS) is 11.8. The van der Waals surface area contributed by atoms with Crippen LogP contribution in [0, 0.1) is 0 Å². The van der Waals surface area contributed by atoms with Crippen molar-refractivity contribution in [1.29, 1.82) is 0 Å². The highest BCUT2D eigenvalue weighted by Gasteiger charge is 2.34. The van der Waals surface area contributed by atoms with E-state index in [1.54, 1.807) is 36.4 Å². The molecule has 0 saturated heterocycles. The summed E-state index contributed by atoms with van der Waals surface area (Å²) in [5, 5.41) is 2.70. The summed E-state index contributed by atoms with van der Waals surface area (Å²) < 4.78 is 35.0. The first-order valence-electron chi connectivity index (χ1n) is 14.3. The van der Waals surface area contributed by atoms with E-state index in [0.717, 1.165) is 20.3 Å². The van der Waals surface area contributed by atoms with E-state index in [2.05, 4.69) is 5.32 Å². The second-order valence-corrected chi connectivity index (χ2v) is 12.7. The molecule has 0 bridgehead atoms. The Morgan fingerprint density at radius 1 is 0.841 bits per heavy atom. The first kappa shape index (κ1) is 32.6. The van der Waals surface area contributed by atoms with Gasteiger partial charge in [0.05, 0.1) is 17.2 Å². The number of ether oxygens (including phenoxy) is 1. The molecule has 0 aromatic heterocycles. The molecule has 0 saturated carbocycles. The van der Waals surface area contributed by atoms with Gasteiger partial charge in [-0.1, -0.05) is 60.7 Å². The highest BCUT2D eigenvalue weighted by atomic mass is 32.2. The van der Waals surface area contributed by atoms with Crippen LogP contribution in [0.5, 0.6) is 5.75 Å². The summed E-state index contributed by atoms with van der Waals surface area (Å²) in [5.41, 5.74) is 1.98. The fourth-order valence-corrected chi connectivity index (χ4v) is 6.60. The maximum Gasteiger partial charge on any atom is 0.264 e. The minimum Gasteiger partial charge on any atom is -0.494 e. The molecule has 0 fully saturated rings. The van der Waals surface area contributed by atoms with E-state index in [1.165, 1.54) is 35.8 Å². The molecule has 0 aliphatic rings. The standard InChI is InChI=1S/C34H37N3O5S2/c1-4-42-29-17-15-28(16-18-29)37(44(40,41)31-21-19-30(43-3)20-22-31)25-33(38)36(24-27-13-9-6-10-14-27)32(34(39)35-2)23-26-11-7-5-8-12-26/h5-22,32H,4,23-25H2,1-3H3,(H,35,39)/t32-/m1/s1. The van der Waals surface area contributed by atoms with Crippen LogP contribution in [0.25, 0.3) is 0 Å². The number of nitrogens with zero attached hydrogens (tertiary/aromatic N) is 2. The van der Waals surface area contributed by atoms with E-state index >= 15 is 0 Å². The van der Waals surface area contributed by atoms with Crippen molar-refractivity contribution in [3.8, 4) is 5.75 Å². The fourth-order valence-electron chi connectivity index (χ4n) is 4.78. The average Bonchev–Trinajstić information content (AvgIpc) is 3.06. The number of sulfonamides is 1. The second kappa shape index (κ2) is 15.4. The van der Waals surface area contributed by atoms with E-state index < -0.39 is 28.5 Å². The lowest BCUT2D eigenvalue weighted by atomic mass is 10.0. The number of hydrogen-bond acceptors (Lipinski definition) is 6. The van der Waals surface area contributed by atoms with Crippen molar-refractivity contribution in [2.45, 2.75) is 35.7 Å². The number of benzene rings is 4. The van der Waals surface area contributed by atoms with Crippen molar-refractivity contribution in [2.75, 3.05) is 30.8 Å². The van der Waals surface area contributed by atoms with E-state index in [9.17, 15) is 18.0 Å². The third-order valence-electron chi connectivity index (χ3n) is 7.08. The van der Waals surface area contributed by atoms with Crippen LogP contribution in [0.2, 0.25) is 0 Å². The number of amides is 2. The molecule has 0 aliphatic carbocycles. The monoisotopic (exact) mass is 631 g/mol. The average molecular weight is 632 g/mol. The van der Waals surface area contributed by atoms with Gasteiger partial charge in [0.25, 0.3) is 10.0 Å². The van der Waals surface area contributed by atoms with Gasteiger partial charge in [0.2, 0.25) is 11.8 Å². The summed E-state index contributed by atoms with van der Waals surface area (Å²) >= 11 is 1.50. The van der Waals surface area contributed by atoms with Gasteiger partial charge >= 0.3 is 0 Å². The number of likely N-dealkylation sites (N-methyl/N-ethyl adjacent to an activating group) is 1. The Balaban J connectivity index is 1.77. The van der Waals surface area contributed by atoms with Gasteiger partial charge in [-0.05, 0) is 72.8 Å². The lowest BCUT2D eigenvalue weighted by Gasteiger charge is -2.33. The Labute approximate surface area is 264 Å². The maximum absolute atomic E-state index is 14.3. The number of carbonyl (C=O) groups excluding carboxylic acids is 2. The Bertz CT molecular complexity index is 1620. The molecule has 0 radical (unpaired) electrons. The first-order chi connectivity index (χ1) is 21.3. The van der Waals surface area contributed by atoms with Crippen molar-refractivity contribution >= 4 is 39.3 Å². The third kappa shape index (κ3) is 8.21. The Morgan fingerprint density at radius 3 is 1.98 bits per heavy atom. The summed E-state index contributed by atoms with van der Waals surface area (Å²) in [6, 6.07) is 31.0. The van der Waals surface area contributed by atoms with E-state index in [4.69, 9.17) is 4.74 Å². The summed E-state index contributed by atoms with van der Waals surface area (Å²) in [4.78, 5) is 30.1. The van der Waals surface area contributed by atoms with Crippen molar-refractivity contribution in [3.05, 3.63) is 120 Å². The zero-order chi connectivity index (χ0) is 31.5. The van der Waals surface area contributed by atoms with Crippen LogP contribution in [-0.4, -0.2) is 57.6 Å². The largest absolute Gasteiger partial charge is 0.494 e. The summed E-state index contributed by atoms with van der Waals surface area (Å²) in [6.45, 7) is 1.92. The molecule has 1 N–H and O–H groups in total. The molecule has 1 atom stereocenters. The molecule has 0 spiro atoms. The van der Waals surface area contributed by atoms with Gasteiger partial charge in [-0.15, -0.1) is 11.8 Å². The number of thioether (sulfide) groups is 1. The molecule has 0 aliphatic heterocycles. The minimum absolute atomic E-state index is 0.0544. The zero-order valence-electron chi connectivity index (χ0n) is 25.1. The highest BCUT2D eigenvalue weighted by molar-refractivity contribution is 7.98. The molecule has 4 rings (SSSR count). The molecule has 4 aromatic carbocycles. The van der Waals surface area contributed by atoms with Crippen LogP contribution in [-0.2, 0) is 32.6 Å². The van der Waals surface area contributed by atoms with Gasteiger partial charge in [0.1, 0.15) is 18.3 Å². The molecule has 4 aromatic rings. The predicted octanol–water partition coefficient (Wildman–Crippen LogP) is 5.39. The van der Waals surface area contributed by atoms with Crippen LogP contribution in [0.4, 0.5) is 5.69 Å². The van der Waals surface area contributed by atoms with Crippen LogP contribution >= 0.6 is 11.8 Å². The molecule has 2 amide bonds. The number of carbonyl (C=O) groups is 2.